The Morgan fingerprint density at radius 3 is 2.72 bits per heavy atom. The summed E-state index contributed by atoms with van der Waals surface area (Å²) in [4.78, 5) is 23.5. The van der Waals surface area contributed by atoms with E-state index in [0.29, 0.717) is 29.3 Å². The number of benzene rings is 2. The fraction of sp³-hybridized carbons (Fsp3) is 0.167. The highest BCUT2D eigenvalue weighted by Crippen LogP contribution is 2.23. The fourth-order valence-electron chi connectivity index (χ4n) is 2.13. The molecule has 0 unspecified atom stereocenters. The van der Waals surface area contributed by atoms with E-state index in [1.165, 1.54) is 13.1 Å². The Kier molecular flexibility index (Phi) is 6.11. The maximum Gasteiger partial charge on any atom is 0.275 e. The molecule has 0 saturated heterocycles. The van der Waals surface area contributed by atoms with E-state index in [1.807, 2.05) is 13.0 Å². The molecule has 7 heteroatoms. The lowest BCUT2D eigenvalue weighted by Crippen LogP contribution is -2.19. The van der Waals surface area contributed by atoms with Gasteiger partial charge in [0.05, 0.1) is 18.4 Å². The van der Waals surface area contributed by atoms with Gasteiger partial charge >= 0.3 is 0 Å². The zero-order valence-electron chi connectivity index (χ0n) is 14.1. The lowest BCUT2D eigenvalue weighted by atomic mass is 10.1. The van der Waals surface area contributed by atoms with Crippen molar-refractivity contribution in [1.82, 2.24) is 5.43 Å². The first-order valence-electron chi connectivity index (χ1n) is 7.73. The van der Waals surface area contributed by atoms with E-state index in [1.54, 1.807) is 36.4 Å². The third-order valence-electron chi connectivity index (χ3n) is 3.14. The topological polar surface area (TPSA) is 106 Å². The average Bonchev–Trinajstić information content (AvgIpc) is 2.55. The molecule has 2 aromatic rings. The predicted molar refractivity (Wildman–Crippen MR) is 97.8 cm³/mol. The minimum atomic E-state index is -0.419. The zero-order chi connectivity index (χ0) is 18.2. The van der Waals surface area contributed by atoms with Gasteiger partial charge in [-0.1, -0.05) is 12.1 Å². The van der Waals surface area contributed by atoms with Crippen LogP contribution in [-0.2, 0) is 4.79 Å². The van der Waals surface area contributed by atoms with Crippen LogP contribution in [0.4, 0.5) is 11.4 Å². The molecular formula is C18H20N4O3. The number of carbonyl (C=O) groups excluding carboxylic acids is 2. The summed E-state index contributed by atoms with van der Waals surface area (Å²) >= 11 is 0. The van der Waals surface area contributed by atoms with Gasteiger partial charge in [-0.15, -0.1) is 0 Å². The fourth-order valence-corrected chi connectivity index (χ4v) is 2.13. The molecular weight excluding hydrogens is 320 g/mol. The summed E-state index contributed by atoms with van der Waals surface area (Å²) in [6, 6.07) is 11.9. The van der Waals surface area contributed by atoms with Crippen molar-refractivity contribution in [2.24, 2.45) is 5.10 Å². The summed E-state index contributed by atoms with van der Waals surface area (Å²) < 4.78 is 5.48. The molecule has 0 atom stereocenters. The van der Waals surface area contributed by atoms with Gasteiger partial charge in [0.25, 0.3) is 5.91 Å². The molecule has 2 rings (SSSR count). The summed E-state index contributed by atoms with van der Waals surface area (Å²) in [5, 5.41) is 6.57. The second kappa shape index (κ2) is 8.49. The molecule has 0 spiro atoms. The number of ether oxygens (including phenoxy) is 1. The smallest absolute Gasteiger partial charge is 0.275 e. The van der Waals surface area contributed by atoms with Crippen molar-refractivity contribution in [2.75, 3.05) is 17.7 Å². The van der Waals surface area contributed by atoms with Gasteiger partial charge in [0.15, 0.2) is 0 Å². The lowest BCUT2D eigenvalue weighted by Gasteiger charge is -2.11. The van der Waals surface area contributed by atoms with Crippen molar-refractivity contribution >= 4 is 29.4 Å². The van der Waals surface area contributed by atoms with Gasteiger partial charge < -0.3 is 15.8 Å². The van der Waals surface area contributed by atoms with Crippen LogP contribution in [0.1, 0.15) is 29.8 Å². The molecule has 2 aromatic carbocycles. The third kappa shape index (κ3) is 5.35. The number of hydrogen-bond donors (Lipinski definition) is 3. The van der Waals surface area contributed by atoms with Crippen LogP contribution in [0.5, 0.6) is 5.75 Å². The van der Waals surface area contributed by atoms with Crippen molar-refractivity contribution in [1.29, 1.82) is 0 Å². The number of nitrogens with two attached hydrogens (primary N) is 1. The highest BCUT2D eigenvalue weighted by Gasteiger charge is 2.13. The molecule has 130 valence electrons. The van der Waals surface area contributed by atoms with E-state index in [-0.39, 0.29) is 5.91 Å². The van der Waals surface area contributed by atoms with Gasteiger partial charge in [-0.3, -0.25) is 9.59 Å². The summed E-state index contributed by atoms with van der Waals surface area (Å²) in [6.07, 6.45) is 1.50. The number of nitrogen functional groups attached to an aromatic ring is 1. The van der Waals surface area contributed by atoms with E-state index in [4.69, 9.17) is 10.5 Å². The number of rotatable bonds is 6. The molecule has 0 fully saturated rings. The predicted octanol–water partition coefficient (Wildman–Crippen LogP) is 2.39. The number of hydrazone groups is 1. The SMILES string of the molecule is CCOc1cc(NC(C)=O)ccc1C(=O)N/N=C\c1cccc(N)c1. The summed E-state index contributed by atoms with van der Waals surface area (Å²) in [5.74, 6) is -0.255. The second-order valence-electron chi connectivity index (χ2n) is 5.19. The van der Waals surface area contributed by atoms with E-state index in [9.17, 15) is 9.59 Å². The molecule has 0 aliphatic rings. The molecule has 7 nitrogen and oxygen atoms in total. The third-order valence-corrected chi connectivity index (χ3v) is 3.14. The van der Waals surface area contributed by atoms with Crippen LogP contribution in [0.25, 0.3) is 0 Å². The Labute approximate surface area is 145 Å². The van der Waals surface area contributed by atoms with Gasteiger partial charge in [-0.2, -0.15) is 5.10 Å². The number of anilines is 2. The Hall–Kier alpha value is -3.35. The Morgan fingerprint density at radius 1 is 1.24 bits per heavy atom. The van der Waals surface area contributed by atoms with Gasteiger partial charge in [-0.05, 0) is 36.8 Å². The van der Waals surface area contributed by atoms with Crippen molar-refractivity contribution < 1.29 is 14.3 Å². The van der Waals surface area contributed by atoms with E-state index in [2.05, 4.69) is 15.8 Å². The van der Waals surface area contributed by atoms with Crippen LogP contribution in [0.3, 0.4) is 0 Å². The largest absolute Gasteiger partial charge is 0.493 e. The standard InChI is InChI=1S/C18H20N4O3/c1-3-25-17-10-15(21-12(2)23)7-8-16(17)18(24)22-20-11-13-5-4-6-14(19)9-13/h4-11H,3,19H2,1-2H3,(H,21,23)(H,22,24)/b20-11-. The van der Waals surface area contributed by atoms with E-state index >= 15 is 0 Å². The summed E-state index contributed by atoms with van der Waals surface area (Å²) in [7, 11) is 0. The molecule has 0 aliphatic carbocycles. The second-order valence-corrected chi connectivity index (χ2v) is 5.19. The highest BCUT2D eigenvalue weighted by molar-refractivity contribution is 5.98. The minimum absolute atomic E-state index is 0.202. The molecule has 0 radical (unpaired) electrons. The first-order chi connectivity index (χ1) is 12.0. The van der Waals surface area contributed by atoms with Crippen LogP contribution in [0.2, 0.25) is 0 Å². The summed E-state index contributed by atoms with van der Waals surface area (Å²) in [6.45, 7) is 3.60. The molecule has 0 aromatic heterocycles. The number of carbonyl (C=O) groups is 2. The van der Waals surface area contributed by atoms with Gasteiger partial charge in [0.2, 0.25) is 5.91 Å². The monoisotopic (exact) mass is 340 g/mol. The number of amides is 2. The minimum Gasteiger partial charge on any atom is -0.493 e. The van der Waals surface area contributed by atoms with Crippen molar-refractivity contribution in [3.05, 3.63) is 53.6 Å². The molecule has 0 aliphatic heterocycles. The van der Waals surface area contributed by atoms with Crippen LogP contribution in [-0.4, -0.2) is 24.6 Å². The Bertz CT molecular complexity index is 803. The Morgan fingerprint density at radius 2 is 2.04 bits per heavy atom. The van der Waals surface area contributed by atoms with E-state index < -0.39 is 5.91 Å². The number of nitrogens with zero attached hydrogens (tertiary/aromatic N) is 1. The first kappa shape index (κ1) is 18.0. The van der Waals surface area contributed by atoms with Crippen molar-refractivity contribution in [3.63, 3.8) is 0 Å². The maximum absolute atomic E-state index is 12.3. The lowest BCUT2D eigenvalue weighted by molar-refractivity contribution is -0.114. The van der Waals surface area contributed by atoms with E-state index in [0.717, 1.165) is 5.56 Å². The molecule has 2 amide bonds. The molecule has 0 bridgehead atoms. The van der Waals surface area contributed by atoms with Gasteiger partial charge in [-0.25, -0.2) is 5.43 Å². The maximum atomic E-state index is 12.3. The quantitative estimate of drug-likeness (QED) is 0.426. The van der Waals surface area contributed by atoms with Crippen molar-refractivity contribution in [2.45, 2.75) is 13.8 Å². The molecule has 0 heterocycles. The van der Waals surface area contributed by atoms with Crippen LogP contribution >= 0.6 is 0 Å². The average molecular weight is 340 g/mol. The number of hydrogen-bond acceptors (Lipinski definition) is 5. The van der Waals surface area contributed by atoms with Crippen LogP contribution in [0, 0.1) is 0 Å². The normalized spacial score (nSPS) is 10.5. The van der Waals surface area contributed by atoms with Crippen molar-refractivity contribution in [3.8, 4) is 5.75 Å². The molecule has 0 saturated carbocycles. The number of nitrogens with one attached hydrogen (secondary N) is 2. The first-order valence-corrected chi connectivity index (χ1v) is 7.73. The molecule has 4 N–H and O–H groups in total. The summed E-state index contributed by atoms with van der Waals surface area (Å²) in [5.41, 5.74) is 10.4. The van der Waals surface area contributed by atoms with Gasteiger partial charge in [0.1, 0.15) is 5.75 Å². The molecule has 25 heavy (non-hydrogen) atoms. The Balaban J connectivity index is 2.13. The van der Waals surface area contributed by atoms with Crippen LogP contribution in [0.15, 0.2) is 47.6 Å². The van der Waals surface area contributed by atoms with Gasteiger partial charge in [0, 0.05) is 24.4 Å². The zero-order valence-corrected chi connectivity index (χ0v) is 14.1. The van der Waals surface area contributed by atoms with Crippen LogP contribution < -0.4 is 21.2 Å². The highest BCUT2D eigenvalue weighted by atomic mass is 16.5.